The van der Waals surface area contributed by atoms with Crippen LogP contribution >= 0.6 is 11.6 Å². The molecule has 1 N–H and O–H groups in total. The first kappa shape index (κ1) is 19.9. The summed E-state index contributed by atoms with van der Waals surface area (Å²) in [6.07, 6.45) is 8.74. The van der Waals surface area contributed by atoms with Gasteiger partial charge in [-0.25, -0.2) is 13.4 Å². The lowest BCUT2D eigenvalue weighted by Gasteiger charge is -2.26. The maximum Gasteiger partial charge on any atom is 0.251 e. The number of nitrogens with zero attached hydrogens (tertiary/aromatic N) is 3. The Kier molecular flexibility index (Phi) is 6.51. The summed E-state index contributed by atoms with van der Waals surface area (Å²) >= 11 is 6.14. The number of piperidine rings is 1. The number of halogens is 1. The zero-order valence-corrected chi connectivity index (χ0v) is 16.5. The molecular weight excluding hydrogens is 388 g/mol. The molecule has 1 fully saturated rings. The lowest BCUT2D eigenvalue weighted by atomic mass is 10.2. The van der Waals surface area contributed by atoms with Crippen molar-refractivity contribution in [3.05, 3.63) is 47.5 Å². The second-order valence-electron chi connectivity index (χ2n) is 6.52. The van der Waals surface area contributed by atoms with Crippen LogP contribution in [-0.4, -0.2) is 47.8 Å². The van der Waals surface area contributed by atoms with E-state index in [0.29, 0.717) is 19.6 Å². The maximum atomic E-state index is 12.9. The average Bonchev–Trinajstić information content (AvgIpc) is 3.19. The molecule has 7 nitrogen and oxygen atoms in total. The van der Waals surface area contributed by atoms with Crippen LogP contribution in [0.2, 0.25) is 5.02 Å². The molecule has 1 aromatic heterocycles. The molecule has 146 valence electrons. The summed E-state index contributed by atoms with van der Waals surface area (Å²) in [6, 6.07) is 4.39. The first-order valence-electron chi connectivity index (χ1n) is 9.02. The minimum Gasteiger partial charge on any atom is -0.352 e. The van der Waals surface area contributed by atoms with E-state index < -0.39 is 10.0 Å². The molecule has 1 amide bonds. The number of nitrogens with one attached hydrogen (secondary N) is 1. The lowest BCUT2D eigenvalue weighted by molar-refractivity contribution is 0.0952. The Bertz CT molecular complexity index is 878. The highest BCUT2D eigenvalue weighted by Gasteiger charge is 2.28. The predicted molar refractivity (Wildman–Crippen MR) is 103 cm³/mol. The van der Waals surface area contributed by atoms with Crippen molar-refractivity contribution in [2.24, 2.45) is 0 Å². The summed E-state index contributed by atoms with van der Waals surface area (Å²) in [7, 11) is -3.69. The van der Waals surface area contributed by atoms with Crippen molar-refractivity contribution in [2.75, 3.05) is 19.6 Å². The van der Waals surface area contributed by atoms with Gasteiger partial charge in [0.05, 0.1) is 11.3 Å². The van der Waals surface area contributed by atoms with Crippen LogP contribution in [0.25, 0.3) is 0 Å². The summed E-state index contributed by atoms with van der Waals surface area (Å²) in [5.74, 6) is -0.313. The number of hydrogen-bond donors (Lipinski definition) is 1. The number of aryl methyl sites for hydroxylation is 1. The Morgan fingerprint density at radius 1 is 1.22 bits per heavy atom. The monoisotopic (exact) mass is 410 g/mol. The molecule has 2 aromatic rings. The van der Waals surface area contributed by atoms with Crippen molar-refractivity contribution in [2.45, 2.75) is 37.1 Å². The number of rotatable bonds is 7. The van der Waals surface area contributed by atoms with E-state index in [2.05, 4.69) is 10.3 Å². The largest absolute Gasteiger partial charge is 0.352 e. The van der Waals surface area contributed by atoms with Crippen molar-refractivity contribution < 1.29 is 13.2 Å². The number of aromatic nitrogens is 2. The normalized spacial score (nSPS) is 15.6. The van der Waals surface area contributed by atoms with Gasteiger partial charge in [-0.15, -0.1) is 0 Å². The van der Waals surface area contributed by atoms with Gasteiger partial charge in [0.25, 0.3) is 5.91 Å². The Morgan fingerprint density at radius 3 is 2.70 bits per heavy atom. The molecule has 0 saturated carbocycles. The Labute approximate surface area is 164 Å². The molecule has 9 heteroatoms. The van der Waals surface area contributed by atoms with Gasteiger partial charge in [0, 0.05) is 44.1 Å². The van der Waals surface area contributed by atoms with E-state index in [4.69, 9.17) is 11.6 Å². The molecule has 0 unspecified atom stereocenters. The highest BCUT2D eigenvalue weighted by Crippen LogP contribution is 2.27. The van der Waals surface area contributed by atoms with E-state index in [-0.39, 0.29) is 21.4 Å². The van der Waals surface area contributed by atoms with Gasteiger partial charge >= 0.3 is 0 Å². The quantitative estimate of drug-likeness (QED) is 0.711. The molecule has 1 aromatic carbocycles. The van der Waals surface area contributed by atoms with Gasteiger partial charge < -0.3 is 9.88 Å². The highest BCUT2D eigenvalue weighted by atomic mass is 35.5. The molecule has 0 spiro atoms. The fourth-order valence-electron chi connectivity index (χ4n) is 3.07. The van der Waals surface area contributed by atoms with Crippen molar-refractivity contribution in [1.82, 2.24) is 19.2 Å². The van der Waals surface area contributed by atoms with Crippen molar-refractivity contribution in [3.8, 4) is 0 Å². The molecule has 0 atom stereocenters. The zero-order chi connectivity index (χ0) is 19.3. The number of carbonyl (C=O) groups excluding carboxylic acids is 1. The Balaban J connectivity index is 1.65. The zero-order valence-electron chi connectivity index (χ0n) is 15.0. The van der Waals surface area contributed by atoms with Crippen LogP contribution in [-0.2, 0) is 16.6 Å². The van der Waals surface area contributed by atoms with Crippen LogP contribution in [0, 0.1) is 0 Å². The van der Waals surface area contributed by atoms with Gasteiger partial charge in [-0.2, -0.15) is 4.31 Å². The number of hydrogen-bond acceptors (Lipinski definition) is 4. The summed E-state index contributed by atoms with van der Waals surface area (Å²) in [6.45, 7) is 2.20. The number of benzene rings is 1. The van der Waals surface area contributed by atoms with Crippen LogP contribution in [0.5, 0.6) is 0 Å². The smallest absolute Gasteiger partial charge is 0.251 e. The van der Waals surface area contributed by atoms with Gasteiger partial charge in [0.2, 0.25) is 10.0 Å². The van der Waals surface area contributed by atoms with Gasteiger partial charge in [0.1, 0.15) is 4.90 Å². The fraction of sp³-hybridized carbons (Fsp3) is 0.444. The van der Waals surface area contributed by atoms with Crippen LogP contribution in [0.4, 0.5) is 0 Å². The number of imidazole rings is 1. The standard InChI is InChI=1S/C18H23ClN4O3S/c19-16-6-5-15(18(24)21-7-4-9-22-12-8-20-14-22)13-17(16)27(25,26)23-10-2-1-3-11-23/h5-6,8,12-14H,1-4,7,9-11H2,(H,21,24). The van der Waals surface area contributed by atoms with Crippen molar-refractivity contribution >= 4 is 27.5 Å². The minimum atomic E-state index is -3.69. The van der Waals surface area contributed by atoms with Gasteiger partial charge in [-0.05, 0) is 37.5 Å². The van der Waals surface area contributed by atoms with E-state index in [1.807, 2.05) is 10.8 Å². The molecular formula is C18H23ClN4O3S. The van der Waals surface area contributed by atoms with E-state index in [0.717, 1.165) is 32.2 Å². The molecule has 0 aliphatic carbocycles. The van der Waals surface area contributed by atoms with Gasteiger partial charge in [0.15, 0.2) is 0 Å². The second-order valence-corrected chi connectivity index (χ2v) is 8.83. The Hall–Kier alpha value is -1.90. The minimum absolute atomic E-state index is 0.00266. The predicted octanol–water partition coefficient (Wildman–Crippen LogP) is 2.53. The average molecular weight is 411 g/mol. The SMILES string of the molecule is O=C(NCCCn1ccnc1)c1ccc(Cl)c(S(=O)(=O)N2CCCCC2)c1. The summed E-state index contributed by atoms with van der Waals surface area (Å²) < 4.78 is 29.1. The van der Waals surface area contributed by atoms with Crippen LogP contribution in [0.1, 0.15) is 36.0 Å². The maximum absolute atomic E-state index is 12.9. The van der Waals surface area contributed by atoms with E-state index in [1.165, 1.54) is 16.4 Å². The molecule has 0 bridgehead atoms. The lowest BCUT2D eigenvalue weighted by Crippen LogP contribution is -2.36. The van der Waals surface area contributed by atoms with E-state index >= 15 is 0 Å². The fourth-order valence-corrected chi connectivity index (χ4v) is 5.09. The molecule has 2 heterocycles. The third-order valence-electron chi connectivity index (χ3n) is 4.56. The molecule has 3 rings (SSSR count). The molecule has 1 saturated heterocycles. The van der Waals surface area contributed by atoms with Gasteiger partial charge in [-0.1, -0.05) is 18.0 Å². The third kappa shape index (κ3) is 4.88. The van der Waals surface area contributed by atoms with Gasteiger partial charge in [-0.3, -0.25) is 4.79 Å². The topological polar surface area (TPSA) is 84.3 Å². The van der Waals surface area contributed by atoms with Crippen LogP contribution < -0.4 is 5.32 Å². The Morgan fingerprint density at radius 2 is 2.00 bits per heavy atom. The molecule has 1 aliphatic rings. The number of carbonyl (C=O) groups is 1. The van der Waals surface area contributed by atoms with E-state index in [1.54, 1.807) is 18.6 Å². The summed E-state index contributed by atoms with van der Waals surface area (Å²) in [5.41, 5.74) is 0.289. The molecule has 27 heavy (non-hydrogen) atoms. The highest BCUT2D eigenvalue weighted by molar-refractivity contribution is 7.89. The first-order valence-corrected chi connectivity index (χ1v) is 10.8. The van der Waals surface area contributed by atoms with Crippen LogP contribution in [0.15, 0.2) is 41.8 Å². The van der Waals surface area contributed by atoms with Crippen LogP contribution in [0.3, 0.4) is 0 Å². The second kappa shape index (κ2) is 8.86. The molecule has 0 radical (unpaired) electrons. The summed E-state index contributed by atoms with van der Waals surface area (Å²) in [5, 5.41) is 2.95. The number of amides is 1. The van der Waals surface area contributed by atoms with E-state index in [9.17, 15) is 13.2 Å². The van der Waals surface area contributed by atoms with Crippen molar-refractivity contribution in [1.29, 1.82) is 0 Å². The third-order valence-corrected chi connectivity index (χ3v) is 6.94. The number of sulfonamides is 1. The first-order chi connectivity index (χ1) is 13.0. The van der Waals surface area contributed by atoms with Crippen molar-refractivity contribution in [3.63, 3.8) is 0 Å². The summed E-state index contributed by atoms with van der Waals surface area (Å²) in [4.78, 5) is 16.4. The molecule has 1 aliphatic heterocycles.